The summed E-state index contributed by atoms with van der Waals surface area (Å²) in [5.74, 6) is 1.81. The molecule has 4 N–H and O–H groups in total. The molecule has 2 aliphatic rings. The Hall–Kier alpha value is -3.15. The van der Waals surface area contributed by atoms with Gasteiger partial charge in [-0.25, -0.2) is 0 Å². The van der Waals surface area contributed by atoms with Gasteiger partial charge in [0.15, 0.2) is 5.96 Å². The molecule has 1 aliphatic heterocycles. The van der Waals surface area contributed by atoms with Crippen molar-refractivity contribution in [1.29, 1.82) is 0 Å². The molecule has 1 fully saturated rings. The Bertz CT molecular complexity index is 1170. The van der Waals surface area contributed by atoms with Crippen molar-refractivity contribution >= 4 is 11.6 Å². The van der Waals surface area contributed by atoms with Crippen molar-refractivity contribution in [2.24, 2.45) is 10.9 Å². The maximum absolute atomic E-state index is 9.41. The van der Waals surface area contributed by atoms with E-state index in [1.54, 1.807) is 0 Å². The minimum absolute atomic E-state index is 0.0923. The van der Waals surface area contributed by atoms with Gasteiger partial charge in [0, 0.05) is 17.8 Å². The van der Waals surface area contributed by atoms with E-state index in [1.807, 2.05) is 7.05 Å². The minimum Gasteiger partial charge on any atom is -0.392 e. The summed E-state index contributed by atoms with van der Waals surface area (Å²) >= 11 is 0. The third-order valence-corrected chi connectivity index (χ3v) is 7.73. The van der Waals surface area contributed by atoms with Crippen LogP contribution in [0.1, 0.15) is 59.4 Å². The fraction of sp³-hybridized carbons (Fsp3) is 0.367. The van der Waals surface area contributed by atoms with Gasteiger partial charge in [0.25, 0.3) is 0 Å². The number of hydrogen-bond acceptors (Lipinski definition) is 3. The largest absolute Gasteiger partial charge is 0.392 e. The van der Waals surface area contributed by atoms with E-state index >= 15 is 0 Å². The molecule has 0 amide bonds. The Kier molecular flexibility index (Phi) is 6.89. The molecule has 35 heavy (non-hydrogen) atoms. The smallest absolute Gasteiger partial charge is 0.197 e. The summed E-state index contributed by atoms with van der Waals surface area (Å²) in [4.78, 5) is 5.12. The van der Waals surface area contributed by atoms with Crippen molar-refractivity contribution in [3.8, 4) is 0 Å². The zero-order valence-electron chi connectivity index (χ0n) is 20.7. The van der Waals surface area contributed by atoms with Crippen molar-refractivity contribution in [3.63, 3.8) is 0 Å². The Morgan fingerprint density at radius 1 is 0.971 bits per heavy atom. The molecule has 0 spiro atoms. The maximum Gasteiger partial charge on any atom is 0.197 e. The summed E-state index contributed by atoms with van der Waals surface area (Å²) in [6.07, 6.45) is 4.91. The van der Waals surface area contributed by atoms with Crippen LogP contribution in [-0.4, -0.2) is 24.7 Å². The number of hydrogen-bond donors (Lipinski definition) is 4. The molecule has 0 bridgehead atoms. The number of anilines is 1. The molecule has 0 saturated heterocycles. The molecule has 1 unspecified atom stereocenters. The molecule has 1 aliphatic carbocycles. The van der Waals surface area contributed by atoms with Gasteiger partial charge in [0.1, 0.15) is 5.66 Å². The first-order valence-corrected chi connectivity index (χ1v) is 12.8. The molecule has 182 valence electrons. The lowest BCUT2D eigenvalue weighted by Crippen LogP contribution is -2.60. The van der Waals surface area contributed by atoms with Gasteiger partial charge >= 0.3 is 0 Å². The van der Waals surface area contributed by atoms with Gasteiger partial charge in [0.2, 0.25) is 0 Å². The van der Waals surface area contributed by atoms with Crippen molar-refractivity contribution in [2.45, 2.75) is 50.8 Å². The highest BCUT2D eigenvalue weighted by atomic mass is 16.3. The Morgan fingerprint density at radius 2 is 1.71 bits per heavy atom. The predicted molar refractivity (Wildman–Crippen MR) is 144 cm³/mol. The normalized spacial score (nSPS) is 24.9. The number of para-hydroxylation sites is 1. The number of aliphatic hydroxyl groups is 1. The summed E-state index contributed by atoms with van der Waals surface area (Å²) < 4.78 is 0. The number of aryl methyl sites for hydroxylation is 1. The molecule has 3 aromatic carbocycles. The number of guanidine groups is 1. The zero-order valence-corrected chi connectivity index (χ0v) is 20.7. The molecule has 5 nitrogen and oxygen atoms in total. The number of rotatable bonds is 6. The summed E-state index contributed by atoms with van der Waals surface area (Å²) in [6.45, 7) is 2.98. The highest BCUT2D eigenvalue weighted by molar-refractivity contribution is 5.98. The first-order chi connectivity index (χ1) is 17.1. The van der Waals surface area contributed by atoms with E-state index in [9.17, 15) is 5.11 Å². The van der Waals surface area contributed by atoms with Crippen LogP contribution >= 0.6 is 0 Å². The second kappa shape index (κ2) is 10.2. The average Bonchev–Trinajstić information content (AvgIpc) is 2.92. The predicted octanol–water partition coefficient (Wildman–Crippen LogP) is 5.25. The van der Waals surface area contributed by atoms with E-state index in [-0.39, 0.29) is 6.61 Å². The van der Waals surface area contributed by atoms with E-state index in [2.05, 4.69) is 95.7 Å². The number of fused-ring (bicyclic) bond motifs is 1. The second-order valence-corrected chi connectivity index (χ2v) is 9.90. The summed E-state index contributed by atoms with van der Waals surface area (Å²) in [5, 5.41) is 20.2. The van der Waals surface area contributed by atoms with E-state index in [1.165, 1.54) is 36.8 Å². The van der Waals surface area contributed by atoms with Crippen LogP contribution in [0.25, 0.3) is 0 Å². The standard InChI is InChI=1S/C30H36N4O/c1-21-11-17-25(18-12-21)30(31-2)27-9-5-6-10-28(27)33-29(34-30)32-19-24-7-3-4-8-26(24)23-15-13-22(20-35)14-16-23/h5-6,9-18,24,26,31,35H,3-4,7-8,19-20H2,1-2H3,(H2,32,33,34)/t24-,26-,30?/m1/s1. The van der Waals surface area contributed by atoms with Crippen LogP contribution in [0.2, 0.25) is 0 Å². The Labute approximate surface area is 208 Å². The first kappa shape index (κ1) is 23.6. The number of aliphatic hydroxyl groups excluding tert-OH is 1. The van der Waals surface area contributed by atoms with E-state index in [0.29, 0.717) is 11.8 Å². The number of nitrogens with one attached hydrogen (secondary N) is 3. The Balaban J connectivity index is 1.43. The van der Waals surface area contributed by atoms with Crippen LogP contribution in [-0.2, 0) is 12.3 Å². The molecule has 3 aromatic rings. The van der Waals surface area contributed by atoms with Gasteiger partial charge in [-0.3, -0.25) is 10.3 Å². The number of benzene rings is 3. The summed E-state index contributed by atoms with van der Waals surface area (Å²) in [7, 11) is 2.00. The van der Waals surface area contributed by atoms with E-state index in [4.69, 9.17) is 4.99 Å². The number of aliphatic imine (C=N–C) groups is 1. The molecule has 1 heterocycles. The quantitative estimate of drug-likeness (QED) is 0.399. The lowest BCUT2D eigenvalue weighted by Gasteiger charge is -2.42. The Morgan fingerprint density at radius 3 is 2.46 bits per heavy atom. The van der Waals surface area contributed by atoms with Gasteiger partial charge in [-0.2, -0.15) is 0 Å². The van der Waals surface area contributed by atoms with Crippen LogP contribution in [0.15, 0.2) is 77.8 Å². The van der Waals surface area contributed by atoms with Gasteiger partial charge in [-0.05, 0) is 61.4 Å². The maximum atomic E-state index is 9.41. The van der Waals surface area contributed by atoms with Crippen LogP contribution in [0, 0.1) is 12.8 Å². The lowest BCUT2D eigenvalue weighted by atomic mass is 9.75. The van der Waals surface area contributed by atoms with Crippen LogP contribution in [0.5, 0.6) is 0 Å². The van der Waals surface area contributed by atoms with Crippen molar-refractivity contribution < 1.29 is 5.11 Å². The monoisotopic (exact) mass is 468 g/mol. The fourth-order valence-electron chi connectivity index (χ4n) is 5.72. The topological polar surface area (TPSA) is 68.7 Å². The average molecular weight is 469 g/mol. The van der Waals surface area contributed by atoms with E-state index < -0.39 is 5.66 Å². The highest BCUT2D eigenvalue weighted by Gasteiger charge is 2.39. The third-order valence-electron chi connectivity index (χ3n) is 7.73. The van der Waals surface area contributed by atoms with Gasteiger partial charge in [-0.1, -0.05) is 85.1 Å². The molecule has 5 heteroatoms. The van der Waals surface area contributed by atoms with Crippen molar-refractivity contribution in [1.82, 2.24) is 10.6 Å². The summed E-state index contributed by atoms with van der Waals surface area (Å²) in [6, 6.07) is 25.6. The molecule has 0 aromatic heterocycles. The minimum atomic E-state index is -0.555. The van der Waals surface area contributed by atoms with E-state index in [0.717, 1.165) is 34.9 Å². The molecular formula is C30H36N4O. The lowest BCUT2D eigenvalue weighted by molar-refractivity contribution is 0.281. The fourth-order valence-corrected chi connectivity index (χ4v) is 5.72. The van der Waals surface area contributed by atoms with Crippen LogP contribution in [0.4, 0.5) is 5.69 Å². The number of nitrogens with zero attached hydrogens (tertiary/aromatic N) is 1. The molecule has 0 radical (unpaired) electrons. The van der Waals surface area contributed by atoms with Crippen LogP contribution in [0.3, 0.4) is 0 Å². The molecule has 1 saturated carbocycles. The first-order valence-electron chi connectivity index (χ1n) is 12.8. The second-order valence-electron chi connectivity index (χ2n) is 9.90. The van der Waals surface area contributed by atoms with Gasteiger partial charge < -0.3 is 15.7 Å². The van der Waals surface area contributed by atoms with Crippen molar-refractivity contribution in [3.05, 3.63) is 101 Å². The van der Waals surface area contributed by atoms with Crippen LogP contribution < -0.4 is 16.0 Å². The van der Waals surface area contributed by atoms with Gasteiger partial charge in [-0.15, -0.1) is 0 Å². The van der Waals surface area contributed by atoms with Gasteiger partial charge in [0.05, 0.1) is 6.61 Å². The summed E-state index contributed by atoms with van der Waals surface area (Å²) in [5.41, 5.74) is 6.41. The SMILES string of the molecule is CNC1(c2ccc(C)cc2)NC(=NC[C@H]2CCCC[C@@H]2c2ccc(CO)cc2)Nc2ccccc21. The molecule has 5 rings (SSSR count). The third kappa shape index (κ3) is 4.71. The van der Waals surface area contributed by atoms with Crippen molar-refractivity contribution in [2.75, 3.05) is 18.9 Å². The molecular weight excluding hydrogens is 432 g/mol. The highest BCUT2D eigenvalue weighted by Crippen LogP contribution is 2.39. The molecule has 3 atom stereocenters. The zero-order chi connectivity index (χ0) is 24.3.